The van der Waals surface area contributed by atoms with Crippen molar-refractivity contribution in [2.24, 2.45) is 7.80 Å². The van der Waals surface area contributed by atoms with Crippen LogP contribution in [0.4, 0.5) is 0 Å². The van der Waals surface area contributed by atoms with Gasteiger partial charge in [0.1, 0.15) is 0 Å². The average Bonchev–Trinajstić information content (AvgIpc) is 2.52. The maximum atomic E-state index is 4.82. The summed E-state index contributed by atoms with van der Waals surface area (Å²) in [5.41, 5.74) is 4.45. The zero-order valence-electron chi connectivity index (χ0n) is 11.7. The molecule has 0 saturated heterocycles. The van der Waals surface area contributed by atoms with Crippen molar-refractivity contribution in [1.29, 1.82) is 0 Å². The second kappa shape index (κ2) is 8.22. The number of benzene rings is 2. The summed E-state index contributed by atoms with van der Waals surface area (Å²) in [5.74, 6) is 4.38. The first kappa shape index (κ1) is 15.3. The van der Waals surface area contributed by atoms with Crippen LogP contribution in [0.2, 0.25) is 11.5 Å². The van der Waals surface area contributed by atoms with Crippen LogP contribution in [0.1, 0.15) is 11.1 Å². The summed E-state index contributed by atoms with van der Waals surface area (Å²) in [6.07, 6.45) is 0. The van der Waals surface area contributed by atoms with E-state index in [2.05, 4.69) is 60.0 Å². The van der Waals surface area contributed by atoms with Gasteiger partial charge in [-0.2, -0.15) is 0 Å². The molecule has 0 N–H and O–H groups in total. The zero-order valence-corrected chi connectivity index (χ0v) is 15.9. The van der Waals surface area contributed by atoms with Crippen molar-refractivity contribution in [2.45, 2.75) is 11.5 Å². The van der Waals surface area contributed by atoms with Crippen LogP contribution in [0.15, 0.2) is 68.5 Å². The third-order valence-electron chi connectivity index (χ3n) is 2.77. The van der Waals surface area contributed by atoms with Gasteiger partial charge in [-0.3, -0.25) is 0 Å². The van der Waals surface area contributed by atoms with Crippen molar-refractivity contribution < 1.29 is 0 Å². The molecule has 0 aliphatic carbocycles. The summed E-state index contributed by atoms with van der Waals surface area (Å²) in [6.45, 7) is 0. The van der Waals surface area contributed by atoms with E-state index in [1.807, 2.05) is 12.1 Å². The van der Waals surface area contributed by atoms with E-state index in [0.29, 0.717) is 0 Å². The summed E-state index contributed by atoms with van der Waals surface area (Å²) in [4.78, 5) is 0. The van der Waals surface area contributed by atoms with E-state index in [9.17, 15) is 0 Å². The molecule has 0 bridgehead atoms. The molecule has 0 amide bonds. The summed E-state index contributed by atoms with van der Waals surface area (Å²) in [7, 11) is 0. The molecule has 0 aromatic heterocycles. The molecular formula is C16H16Ge2N2. The van der Waals surface area contributed by atoms with Crippen molar-refractivity contribution in [1.82, 2.24) is 0 Å². The van der Waals surface area contributed by atoms with Crippen molar-refractivity contribution >= 4 is 41.9 Å². The Kier molecular flexibility index (Phi) is 6.27. The van der Waals surface area contributed by atoms with Gasteiger partial charge in [0.15, 0.2) is 0 Å². The summed E-state index contributed by atoms with van der Waals surface area (Å²) in [5, 5.41) is 0. The Hall–Kier alpha value is -1.13. The molecule has 2 nitrogen and oxygen atoms in total. The molecule has 0 saturated carbocycles. The van der Waals surface area contributed by atoms with Gasteiger partial charge < -0.3 is 0 Å². The predicted octanol–water partition coefficient (Wildman–Crippen LogP) is 4.38. The molecular weight excluding hydrogens is 365 g/mol. The molecule has 2 aromatic rings. The Labute approximate surface area is 132 Å². The molecule has 0 heterocycles. The Morgan fingerprint density at radius 2 is 1.00 bits per heavy atom. The van der Waals surface area contributed by atoms with E-state index in [4.69, 9.17) is 7.80 Å². The molecule has 98 valence electrons. The fourth-order valence-electron chi connectivity index (χ4n) is 1.92. The number of rotatable bonds is 4. The third kappa shape index (κ3) is 3.93. The molecule has 0 atom stereocenters. The molecule has 0 aliphatic rings. The van der Waals surface area contributed by atoms with Gasteiger partial charge in [0.25, 0.3) is 0 Å². The topological polar surface area (TPSA) is 24.7 Å². The molecule has 0 aliphatic heterocycles. The van der Waals surface area contributed by atoms with E-state index < -0.39 is 0 Å². The van der Waals surface area contributed by atoms with Crippen molar-refractivity contribution in [3.8, 4) is 0 Å². The monoisotopic (exact) mass is 384 g/mol. The van der Waals surface area contributed by atoms with Gasteiger partial charge in [0.05, 0.1) is 0 Å². The molecule has 0 fully saturated rings. The number of hydrogen-bond acceptors (Lipinski definition) is 2. The zero-order chi connectivity index (χ0) is 14.2. The van der Waals surface area contributed by atoms with Gasteiger partial charge in [-0.25, -0.2) is 0 Å². The first-order chi connectivity index (χ1) is 9.86. The van der Waals surface area contributed by atoms with Crippen molar-refractivity contribution in [2.75, 3.05) is 0 Å². The second-order valence-electron chi connectivity index (χ2n) is 4.10. The Morgan fingerprint density at radius 3 is 1.30 bits per heavy atom. The van der Waals surface area contributed by atoms with Gasteiger partial charge in [0, 0.05) is 0 Å². The molecule has 0 spiro atoms. The predicted molar refractivity (Wildman–Crippen MR) is 87.8 cm³/mol. The van der Waals surface area contributed by atoms with E-state index in [-0.39, 0.29) is 30.5 Å². The molecule has 2 aromatic carbocycles. The van der Waals surface area contributed by atoms with Gasteiger partial charge in [0.2, 0.25) is 0 Å². The maximum absolute atomic E-state index is 4.82. The average molecular weight is 382 g/mol. The fraction of sp³-hybridized carbons (Fsp3) is 0.125. The minimum absolute atomic E-state index is 0.302. The fourth-order valence-corrected chi connectivity index (χ4v) is 3.85. The van der Waals surface area contributed by atoms with Crippen molar-refractivity contribution in [3.63, 3.8) is 0 Å². The quantitative estimate of drug-likeness (QED) is 0.555. The molecule has 2 radical (unpaired) electrons. The van der Waals surface area contributed by atoms with Crippen LogP contribution in [0.5, 0.6) is 0 Å². The van der Waals surface area contributed by atoms with Crippen molar-refractivity contribution in [3.05, 3.63) is 71.8 Å². The Morgan fingerprint density at radius 1 is 0.650 bits per heavy atom. The first-order valence-electron chi connectivity index (χ1n) is 6.47. The van der Waals surface area contributed by atoms with Crippen LogP contribution in [0, 0.1) is 0 Å². The van der Waals surface area contributed by atoms with Crippen LogP contribution < -0.4 is 0 Å². The number of hydrogen-bond donors (Lipinski definition) is 0. The van der Waals surface area contributed by atoms with Crippen LogP contribution in [-0.4, -0.2) is 30.5 Å². The summed E-state index contributed by atoms with van der Waals surface area (Å²) < 4.78 is 9.64. The molecule has 2 rings (SSSR count). The van der Waals surface area contributed by atoms with Gasteiger partial charge in [-0.15, -0.1) is 0 Å². The second-order valence-corrected chi connectivity index (χ2v) is 6.91. The van der Waals surface area contributed by atoms with Gasteiger partial charge in [-0.05, 0) is 0 Å². The SMILES string of the molecule is [CH3][Ge]=[N]/C(=C(\[N]=[Ge][CH3])c1ccccc1)c1ccccc1. The first-order valence-corrected chi connectivity index (χ1v) is 12.5. The van der Waals surface area contributed by atoms with Crippen LogP contribution in [0.25, 0.3) is 11.4 Å². The van der Waals surface area contributed by atoms with E-state index in [1.54, 1.807) is 0 Å². The standard InChI is InChI=1S/C16H16Ge2N2/c1-17-19-15(13-9-5-3-6-10-13)16(20-18-2)14-11-7-4-8-12-14/h3-12H,1-2H3/b16-15-,19-17?,20-18?. The van der Waals surface area contributed by atoms with Gasteiger partial charge in [-0.1, -0.05) is 0 Å². The summed E-state index contributed by atoms with van der Waals surface area (Å²) >= 11 is -0.605. The van der Waals surface area contributed by atoms with Crippen LogP contribution in [-0.2, 0) is 0 Å². The normalized spacial score (nSPS) is 12.9. The van der Waals surface area contributed by atoms with E-state index >= 15 is 0 Å². The van der Waals surface area contributed by atoms with E-state index in [1.165, 1.54) is 11.1 Å². The molecule has 0 unspecified atom stereocenters. The third-order valence-corrected chi connectivity index (χ3v) is 4.64. The molecule has 4 heteroatoms. The van der Waals surface area contributed by atoms with Crippen LogP contribution in [0.3, 0.4) is 0 Å². The Bertz CT molecular complexity index is 575. The van der Waals surface area contributed by atoms with Crippen LogP contribution >= 0.6 is 0 Å². The van der Waals surface area contributed by atoms with E-state index in [0.717, 1.165) is 11.4 Å². The van der Waals surface area contributed by atoms with Gasteiger partial charge >= 0.3 is 133 Å². The Balaban J connectivity index is 2.67. The minimum atomic E-state index is -0.302. The summed E-state index contributed by atoms with van der Waals surface area (Å²) in [6, 6.07) is 20.8. The number of nitrogens with zero attached hydrogens (tertiary/aromatic N) is 2. The molecule has 20 heavy (non-hydrogen) atoms.